The molecule has 29 heavy (non-hydrogen) atoms. The number of hydrogen-bond donors (Lipinski definition) is 0. The molecule has 3 heterocycles. The number of amidine groups is 1. The molecule has 0 aliphatic carbocycles. The average molecular weight is 413 g/mol. The second-order valence-corrected chi connectivity index (χ2v) is 10.3. The van der Waals surface area contributed by atoms with E-state index in [2.05, 4.69) is 61.9 Å². The van der Waals surface area contributed by atoms with Crippen molar-refractivity contribution in [3.8, 4) is 0 Å². The van der Waals surface area contributed by atoms with Gasteiger partial charge in [-0.15, -0.1) is 0 Å². The number of ether oxygens (including phenoxy) is 1. The van der Waals surface area contributed by atoms with Crippen molar-refractivity contribution in [3.63, 3.8) is 0 Å². The van der Waals surface area contributed by atoms with Crippen molar-refractivity contribution in [3.05, 3.63) is 45.9 Å². The molecule has 0 atom stereocenters. The monoisotopic (exact) mass is 412 g/mol. The molecule has 3 aliphatic rings. The van der Waals surface area contributed by atoms with E-state index in [1.807, 2.05) is 0 Å². The van der Waals surface area contributed by atoms with Crippen LogP contribution in [-0.2, 0) is 21.7 Å². The van der Waals surface area contributed by atoms with Gasteiger partial charge in [-0.3, -0.25) is 4.79 Å². The Balaban J connectivity index is 1.47. The minimum absolute atomic E-state index is 0.0379. The zero-order valence-electron chi connectivity index (χ0n) is 18.0. The summed E-state index contributed by atoms with van der Waals surface area (Å²) in [6.07, 6.45) is 3.84. The first-order valence-electron chi connectivity index (χ1n) is 10.9. The third-order valence-corrected chi connectivity index (χ3v) is 7.27. The third kappa shape index (κ3) is 4.17. The van der Waals surface area contributed by atoms with Gasteiger partial charge in [0.15, 0.2) is 5.17 Å². The van der Waals surface area contributed by atoms with E-state index in [-0.39, 0.29) is 11.5 Å². The molecule has 0 saturated carbocycles. The summed E-state index contributed by atoms with van der Waals surface area (Å²) in [7, 11) is 0. The Bertz CT molecular complexity index is 836. The number of hydrogen-bond acceptors (Lipinski definition) is 4. The Hall–Kier alpha value is -1.59. The molecule has 4 nitrogen and oxygen atoms in total. The minimum Gasteiger partial charge on any atom is -0.365 e. The summed E-state index contributed by atoms with van der Waals surface area (Å²) in [6.45, 7) is 11.3. The number of carbonyl (C=O) groups is 1. The van der Waals surface area contributed by atoms with E-state index < -0.39 is 0 Å². The Morgan fingerprint density at radius 2 is 1.79 bits per heavy atom. The van der Waals surface area contributed by atoms with Crippen molar-refractivity contribution in [1.82, 2.24) is 4.90 Å². The third-order valence-electron chi connectivity index (χ3n) is 6.07. The number of fused-ring (bicyclic) bond motifs is 2. The van der Waals surface area contributed by atoms with Crippen LogP contribution in [0.1, 0.15) is 64.5 Å². The molecule has 1 amide bonds. The van der Waals surface area contributed by atoms with E-state index in [9.17, 15) is 4.79 Å². The smallest absolute Gasteiger partial charge is 0.286 e. The van der Waals surface area contributed by atoms with Gasteiger partial charge in [0.2, 0.25) is 0 Å². The zero-order chi connectivity index (χ0) is 20.6. The van der Waals surface area contributed by atoms with Crippen molar-refractivity contribution >= 4 is 22.8 Å². The van der Waals surface area contributed by atoms with E-state index in [1.165, 1.54) is 16.7 Å². The van der Waals surface area contributed by atoms with Crippen LogP contribution in [0.25, 0.3) is 0 Å². The normalized spacial score (nSPS) is 20.8. The summed E-state index contributed by atoms with van der Waals surface area (Å²) in [5.41, 5.74) is 3.81. The first-order valence-corrected chi connectivity index (χ1v) is 11.7. The Labute approximate surface area is 178 Å². The predicted octanol–water partition coefficient (Wildman–Crippen LogP) is 5.48. The van der Waals surface area contributed by atoms with Crippen molar-refractivity contribution in [2.45, 2.75) is 65.6 Å². The van der Waals surface area contributed by atoms with E-state index in [0.717, 1.165) is 48.8 Å². The molecular formula is C24H32N2O2S. The lowest BCUT2D eigenvalue weighted by Crippen LogP contribution is -2.44. The summed E-state index contributed by atoms with van der Waals surface area (Å²) >= 11 is 1.60. The van der Waals surface area contributed by atoms with Crippen LogP contribution in [-0.4, -0.2) is 29.1 Å². The highest BCUT2D eigenvalue weighted by Gasteiger charge is 2.43. The van der Waals surface area contributed by atoms with Gasteiger partial charge in [0, 0.05) is 13.1 Å². The SMILES string of the molecule is CC(C)CC(CC(C)C)=C1SC(N2CCC3(CC2)OCc2ccccc23)=NC1=O. The molecule has 0 radical (unpaired) electrons. The van der Waals surface area contributed by atoms with E-state index in [4.69, 9.17) is 4.74 Å². The van der Waals surface area contributed by atoms with Crippen LogP contribution in [0.15, 0.2) is 39.7 Å². The molecule has 1 aromatic carbocycles. The highest BCUT2D eigenvalue weighted by molar-refractivity contribution is 8.18. The summed E-state index contributed by atoms with van der Waals surface area (Å²) in [5, 5.41) is 0.885. The Kier molecular flexibility index (Phi) is 5.90. The number of amides is 1. The van der Waals surface area contributed by atoms with Gasteiger partial charge in [-0.1, -0.05) is 52.0 Å². The largest absolute Gasteiger partial charge is 0.365 e. The maximum absolute atomic E-state index is 12.7. The average Bonchev–Trinajstić information content (AvgIpc) is 3.23. The van der Waals surface area contributed by atoms with Crippen molar-refractivity contribution in [2.24, 2.45) is 16.8 Å². The van der Waals surface area contributed by atoms with Gasteiger partial charge < -0.3 is 9.64 Å². The maximum atomic E-state index is 12.7. The molecule has 3 aliphatic heterocycles. The van der Waals surface area contributed by atoms with Gasteiger partial charge in [0.05, 0.1) is 17.1 Å². The van der Waals surface area contributed by atoms with Crippen molar-refractivity contribution < 1.29 is 9.53 Å². The van der Waals surface area contributed by atoms with Gasteiger partial charge in [-0.25, -0.2) is 0 Å². The fraction of sp³-hybridized carbons (Fsp3) is 0.583. The molecule has 0 bridgehead atoms. The minimum atomic E-state index is -0.153. The quantitative estimate of drug-likeness (QED) is 0.614. The molecule has 156 valence electrons. The summed E-state index contributed by atoms with van der Waals surface area (Å²) in [4.78, 5) is 20.3. The summed E-state index contributed by atoms with van der Waals surface area (Å²) < 4.78 is 6.28. The van der Waals surface area contributed by atoms with Crippen LogP contribution in [0, 0.1) is 11.8 Å². The number of nitrogens with zero attached hydrogens (tertiary/aromatic N) is 2. The Morgan fingerprint density at radius 3 is 2.45 bits per heavy atom. The van der Waals surface area contributed by atoms with Crippen molar-refractivity contribution in [2.75, 3.05) is 13.1 Å². The van der Waals surface area contributed by atoms with Gasteiger partial charge >= 0.3 is 0 Å². The predicted molar refractivity (Wildman–Crippen MR) is 120 cm³/mol. The first-order chi connectivity index (χ1) is 13.9. The highest BCUT2D eigenvalue weighted by Crippen LogP contribution is 2.45. The molecule has 1 spiro atoms. The van der Waals surface area contributed by atoms with Gasteiger partial charge in [0.1, 0.15) is 0 Å². The number of thioether (sulfide) groups is 1. The molecular weight excluding hydrogens is 380 g/mol. The van der Waals surface area contributed by atoms with Gasteiger partial charge in [0.25, 0.3) is 5.91 Å². The molecule has 1 saturated heterocycles. The fourth-order valence-electron chi connectivity index (χ4n) is 4.77. The zero-order valence-corrected chi connectivity index (χ0v) is 18.8. The number of rotatable bonds is 4. The number of likely N-dealkylation sites (tertiary alicyclic amines) is 1. The molecule has 1 fully saturated rings. The van der Waals surface area contributed by atoms with Gasteiger partial charge in [-0.05, 0) is 66.0 Å². The van der Waals surface area contributed by atoms with E-state index in [0.29, 0.717) is 18.4 Å². The topological polar surface area (TPSA) is 41.9 Å². The number of benzene rings is 1. The lowest BCUT2D eigenvalue weighted by atomic mass is 9.84. The number of carbonyl (C=O) groups excluding carboxylic acids is 1. The van der Waals surface area contributed by atoms with E-state index in [1.54, 1.807) is 11.8 Å². The van der Waals surface area contributed by atoms with Crippen LogP contribution in [0.5, 0.6) is 0 Å². The number of aliphatic imine (C=N–C) groups is 1. The lowest BCUT2D eigenvalue weighted by Gasteiger charge is -2.39. The number of allylic oxidation sites excluding steroid dienone is 1. The van der Waals surface area contributed by atoms with E-state index >= 15 is 0 Å². The molecule has 0 aromatic heterocycles. The van der Waals surface area contributed by atoms with Crippen LogP contribution >= 0.6 is 11.8 Å². The summed E-state index contributed by atoms with van der Waals surface area (Å²) in [5.74, 6) is 1.05. The second-order valence-electron chi connectivity index (χ2n) is 9.36. The Morgan fingerprint density at radius 1 is 1.14 bits per heavy atom. The highest BCUT2D eigenvalue weighted by atomic mass is 32.2. The van der Waals surface area contributed by atoms with Gasteiger partial charge in [-0.2, -0.15) is 4.99 Å². The van der Waals surface area contributed by atoms with Crippen LogP contribution < -0.4 is 0 Å². The van der Waals surface area contributed by atoms with Crippen LogP contribution in [0.4, 0.5) is 0 Å². The molecule has 0 N–H and O–H groups in total. The first kappa shape index (κ1) is 20.7. The van der Waals surface area contributed by atoms with Crippen LogP contribution in [0.3, 0.4) is 0 Å². The number of piperidine rings is 1. The van der Waals surface area contributed by atoms with Crippen molar-refractivity contribution in [1.29, 1.82) is 0 Å². The second kappa shape index (κ2) is 8.27. The molecule has 0 unspecified atom stereocenters. The molecule has 4 rings (SSSR count). The van der Waals surface area contributed by atoms with Crippen LogP contribution in [0.2, 0.25) is 0 Å². The fourth-order valence-corrected chi connectivity index (χ4v) is 5.83. The summed E-state index contributed by atoms with van der Waals surface area (Å²) in [6, 6.07) is 8.59. The maximum Gasteiger partial charge on any atom is 0.286 e. The molecule has 5 heteroatoms. The lowest BCUT2D eigenvalue weighted by molar-refractivity contribution is -0.113. The standard InChI is InChI=1S/C24H32N2O2S/c1-16(2)13-19(14-17(3)4)21-22(27)25-23(29-21)26-11-9-24(10-12-26)20-8-6-5-7-18(20)15-28-24/h5-8,16-17H,9-15H2,1-4H3. The molecule has 1 aromatic rings.